The Kier molecular flexibility index (Phi) is 11.0. The maximum absolute atomic E-state index is 5.41. The van der Waals surface area contributed by atoms with Gasteiger partial charge in [-0.2, -0.15) is 6.42 Å². The molecule has 2 N–H and O–H groups in total. The molecule has 2 heteroatoms. The molecule has 0 amide bonds. The standard InChI is InChI=1S/C5H12N.Y/c1-3-5(6)4-2;/h5H,1,3-4,6H2,2H3;/q-1;. The van der Waals surface area contributed by atoms with E-state index in [0.29, 0.717) is 6.04 Å². The first kappa shape index (κ1) is 10.9. The molecular formula is C5H12NY-. The Balaban J connectivity index is 0. The Labute approximate surface area is 70.9 Å². The Bertz CT molecular complexity index is 27.3. The van der Waals surface area contributed by atoms with Gasteiger partial charge in [0.25, 0.3) is 0 Å². The molecule has 0 spiro atoms. The SMILES string of the molecule is [CH2-]CC(N)CC.[Y]. The molecule has 0 aliphatic heterocycles. The van der Waals surface area contributed by atoms with Gasteiger partial charge in [0.05, 0.1) is 0 Å². The second-order valence-corrected chi connectivity index (χ2v) is 1.46. The van der Waals surface area contributed by atoms with Gasteiger partial charge in [0.2, 0.25) is 0 Å². The van der Waals surface area contributed by atoms with Gasteiger partial charge in [-0.05, 0) is 12.5 Å². The third-order valence-corrected chi connectivity index (χ3v) is 0.895. The molecule has 0 aromatic rings. The molecule has 0 aromatic carbocycles. The Morgan fingerprint density at radius 2 is 2.14 bits per heavy atom. The number of rotatable bonds is 2. The molecule has 0 saturated heterocycles. The van der Waals surface area contributed by atoms with Crippen LogP contribution in [0, 0.1) is 6.92 Å². The average molecular weight is 175 g/mol. The molecule has 0 bridgehead atoms. The third kappa shape index (κ3) is 7.06. The third-order valence-electron chi connectivity index (χ3n) is 0.895. The van der Waals surface area contributed by atoms with Crippen molar-refractivity contribution in [1.29, 1.82) is 0 Å². The molecular weight excluding hydrogens is 163 g/mol. The smallest absolute Gasteiger partial charge is 0 e. The normalized spacial score (nSPS) is 12.4. The summed E-state index contributed by atoms with van der Waals surface area (Å²) in [5, 5.41) is 0. The minimum absolute atomic E-state index is 0. The summed E-state index contributed by atoms with van der Waals surface area (Å²) in [7, 11) is 0. The van der Waals surface area contributed by atoms with Crippen molar-refractivity contribution in [2.24, 2.45) is 5.73 Å². The number of hydrogen-bond donors (Lipinski definition) is 1. The predicted molar refractivity (Wildman–Crippen MR) is 28.2 cm³/mol. The minimum atomic E-state index is 0. The van der Waals surface area contributed by atoms with Gasteiger partial charge in [-0.1, -0.05) is 6.92 Å². The van der Waals surface area contributed by atoms with E-state index in [9.17, 15) is 0 Å². The van der Waals surface area contributed by atoms with Crippen molar-refractivity contribution in [3.05, 3.63) is 6.92 Å². The Morgan fingerprint density at radius 1 is 1.71 bits per heavy atom. The molecule has 1 radical (unpaired) electrons. The van der Waals surface area contributed by atoms with Gasteiger partial charge in [0.15, 0.2) is 0 Å². The maximum atomic E-state index is 5.41. The summed E-state index contributed by atoms with van der Waals surface area (Å²) >= 11 is 0. The van der Waals surface area contributed by atoms with E-state index in [-0.39, 0.29) is 32.7 Å². The fraction of sp³-hybridized carbons (Fsp3) is 0.800. The van der Waals surface area contributed by atoms with E-state index >= 15 is 0 Å². The van der Waals surface area contributed by atoms with E-state index < -0.39 is 0 Å². The van der Waals surface area contributed by atoms with Gasteiger partial charge >= 0.3 is 0 Å². The van der Waals surface area contributed by atoms with Crippen molar-refractivity contribution < 1.29 is 32.7 Å². The van der Waals surface area contributed by atoms with Crippen molar-refractivity contribution in [2.45, 2.75) is 25.8 Å². The molecule has 41 valence electrons. The molecule has 0 aromatic heterocycles. The molecule has 1 atom stereocenters. The zero-order chi connectivity index (χ0) is 4.99. The first-order chi connectivity index (χ1) is 2.81. The summed E-state index contributed by atoms with van der Waals surface area (Å²) in [6.07, 6.45) is 1.90. The zero-order valence-electron chi connectivity index (χ0n) is 4.85. The Morgan fingerprint density at radius 3 is 2.14 bits per heavy atom. The van der Waals surface area contributed by atoms with Crippen molar-refractivity contribution in [3.8, 4) is 0 Å². The van der Waals surface area contributed by atoms with E-state index in [0.717, 1.165) is 12.8 Å². The Hall–Kier alpha value is 1.06. The van der Waals surface area contributed by atoms with Crippen LogP contribution in [0.4, 0.5) is 0 Å². The monoisotopic (exact) mass is 175 g/mol. The first-order valence-corrected chi connectivity index (χ1v) is 2.36. The molecule has 7 heavy (non-hydrogen) atoms. The van der Waals surface area contributed by atoms with Gasteiger partial charge < -0.3 is 12.7 Å². The predicted octanol–water partition coefficient (Wildman–Crippen LogP) is 0.945. The molecule has 0 saturated carbocycles. The van der Waals surface area contributed by atoms with Crippen LogP contribution in [-0.4, -0.2) is 6.04 Å². The van der Waals surface area contributed by atoms with E-state index in [2.05, 4.69) is 13.8 Å². The number of nitrogens with two attached hydrogens (primary N) is 1. The van der Waals surface area contributed by atoms with Gasteiger partial charge in [-0.25, -0.2) is 0 Å². The minimum Gasteiger partial charge on any atom is -0.342 e. The summed E-state index contributed by atoms with van der Waals surface area (Å²) in [6, 6.07) is 0.324. The molecule has 0 aliphatic rings. The quantitative estimate of drug-likeness (QED) is 0.621. The van der Waals surface area contributed by atoms with Crippen LogP contribution in [0.25, 0.3) is 0 Å². The summed E-state index contributed by atoms with van der Waals surface area (Å²) in [4.78, 5) is 0. The van der Waals surface area contributed by atoms with Crippen LogP contribution < -0.4 is 5.73 Å². The van der Waals surface area contributed by atoms with Crippen LogP contribution in [0.5, 0.6) is 0 Å². The van der Waals surface area contributed by atoms with E-state index in [4.69, 9.17) is 5.73 Å². The van der Waals surface area contributed by atoms with Gasteiger partial charge in [0, 0.05) is 32.7 Å². The fourth-order valence-corrected chi connectivity index (χ4v) is 0.204. The zero-order valence-corrected chi connectivity index (χ0v) is 7.69. The largest absolute Gasteiger partial charge is 0.342 e. The second-order valence-electron chi connectivity index (χ2n) is 1.46. The van der Waals surface area contributed by atoms with Crippen LogP contribution in [0.2, 0.25) is 0 Å². The van der Waals surface area contributed by atoms with Crippen LogP contribution >= 0.6 is 0 Å². The number of hydrogen-bond acceptors (Lipinski definition) is 1. The van der Waals surface area contributed by atoms with Gasteiger partial charge in [0.1, 0.15) is 0 Å². The van der Waals surface area contributed by atoms with Crippen molar-refractivity contribution in [3.63, 3.8) is 0 Å². The van der Waals surface area contributed by atoms with Gasteiger partial charge in [-0.3, -0.25) is 0 Å². The molecule has 0 fully saturated rings. The summed E-state index contributed by atoms with van der Waals surface area (Å²) in [6.45, 7) is 5.70. The van der Waals surface area contributed by atoms with E-state index in [1.165, 1.54) is 0 Å². The summed E-state index contributed by atoms with van der Waals surface area (Å²) in [5.41, 5.74) is 5.41. The van der Waals surface area contributed by atoms with Crippen LogP contribution in [0.15, 0.2) is 0 Å². The maximum Gasteiger partial charge on any atom is 0 e. The second kappa shape index (κ2) is 7.06. The van der Waals surface area contributed by atoms with Crippen LogP contribution in [0.3, 0.4) is 0 Å². The fourth-order valence-electron chi connectivity index (χ4n) is 0.204. The molecule has 0 aliphatic carbocycles. The topological polar surface area (TPSA) is 26.0 Å². The molecule has 1 unspecified atom stereocenters. The van der Waals surface area contributed by atoms with Crippen LogP contribution in [0.1, 0.15) is 19.8 Å². The van der Waals surface area contributed by atoms with Gasteiger partial charge in [-0.15, -0.1) is 0 Å². The summed E-state index contributed by atoms with van der Waals surface area (Å²) < 4.78 is 0. The van der Waals surface area contributed by atoms with E-state index in [1.807, 2.05) is 0 Å². The first-order valence-electron chi connectivity index (χ1n) is 2.36. The van der Waals surface area contributed by atoms with Crippen molar-refractivity contribution in [2.75, 3.05) is 0 Å². The van der Waals surface area contributed by atoms with Crippen LogP contribution in [-0.2, 0) is 32.7 Å². The molecule has 0 rings (SSSR count). The van der Waals surface area contributed by atoms with Crippen molar-refractivity contribution >= 4 is 0 Å². The van der Waals surface area contributed by atoms with E-state index in [1.54, 1.807) is 0 Å². The molecule has 0 heterocycles. The molecule has 1 nitrogen and oxygen atoms in total. The summed E-state index contributed by atoms with van der Waals surface area (Å²) in [5.74, 6) is 0. The average Bonchev–Trinajstić information content (AvgIpc) is 1.65. The van der Waals surface area contributed by atoms with Crippen molar-refractivity contribution in [1.82, 2.24) is 0 Å².